The van der Waals surface area contributed by atoms with Gasteiger partial charge in [-0.05, 0) is 38.5 Å². The van der Waals surface area contributed by atoms with Crippen LogP contribution in [0.5, 0.6) is 0 Å². The van der Waals surface area contributed by atoms with Gasteiger partial charge in [-0.15, -0.1) is 0 Å². The molecule has 0 saturated carbocycles. The van der Waals surface area contributed by atoms with E-state index in [0.29, 0.717) is 18.7 Å². The van der Waals surface area contributed by atoms with Gasteiger partial charge < -0.3 is 14.9 Å². The van der Waals surface area contributed by atoms with E-state index in [9.17, 15) is 9.90 Å². The van der Waals surface area contributed by atoms with Crippen molar-refractivity contribution >= 4 is 11.7 Å². The van der Waals surface area contributed by atoms with Crippen LogP contribution >= 0.6 is 0 Å². The molecule has 0 radical (unpaired) electrons. The van der Waals surface area contributed by atoms with E-state index in [1.165, 1.54) is 0 Å². The summed E-state index contributed by atoms with van der Waals surface area (Å²) in [7, 11) is 1.72. The second-order valence-electron chi connectivity index (χ2n) is 7.00. The van der Waals surface area contributed by atoms with Crippen LogP contribution in [-0.4, -0.2) is 63.0 Å². The second-order valence-corrected chi connectivity index (χ2v) is 7.00. The minimum Gasteiger partial charge on any atom is -0.386 e. The van der Waals surface area contributed by atoms with E-state index in [-0.39, 0.29) is 18.5 Å². The number of aliphatic hydroxyl groups is 1. The molecule has 0 aliphatic carbocycles. The van der Waals surface area contributed by atoms with Crippen molar-refractivity contribution in [2.45, 2.75) is 31.9 Å². The van der Waals surface area contributed by atoms with Crippen LogP contribution in [0.15, 0.2) is 36.7 Å². The Morgan fingerprint density at radius 3 is 2.84 bits per heavy atom. The average Bonchev–Trinajstić information content (AvgIpc) is 3.22. The third-order valence-electron chi connectivity index (χ3n) is 4.56. The van der Waals surface area contributed by atoms with E-state index in [4.69, 9.17) is 0 Å². The largest absolute Gasteiger partial charge is 0.386 e. The molecule has 1 aliphatic rings. The summed E-state index contributed by atoms with van der Waals surface area (Å²) in [6, 6.07) is 7.56. The summed E-state index contributed by atoms with van der Waals surface area (Å²) < 4.78 is 1.71. The third kappa shape index (κ3) is 3.66. The fourth-order valence-corrected chi connectivity index (χ4v) is 3.33. The topological polar surface area (TPSA) is 74.5 Å². The first-order chi connectivity index (χ1) is 11.9. The fourth-order valence-electron chi connectivity index (χ4n) is 3.33. The van der Waals surface area contributed by atoms with Gasteiger partial charge in [0.25, 0.3) is 5.91 Å². The smallest absolute Gasteiger partial charge is 0.271 e. The normalized spacial score (nSPS) is 20.3. The van der Waals surface area contributed by atoms with Crippen LogP contribution in [-0.2, 0) is 0 Å². The van der Waals surface area contributed by atoms with Crippen molar-refractivity contribution in [3.05, 3.63) is 42.4 Å². The Labute approximate surface area is 147 Å². The molecule has 134 valence electrons. The molecule has 2 aromatic rings. The van der Waals surface area contributed by atoms with E-state index in [1.807, 2.05) is 32.0 Å². The van der Waals surface area contributed by atoms with Crippen LogP contribution < -0.4 is 4.90 Å². The Kier molecular flexibility index (Phi) is 4.76. The molecular weight excluding hydrogens is 318 g/mol. The lowest BCUT2D eigenvalue weighted by atomic mass is 10.0. The lowest BCUT2D eigenvalue weighted by Gasteiger charge is -2.29. The molecular formula is C18H25N5O2. The molecule has 1 aliphatic heterocycles. The minimum atomic E-state index is -0.940. The maximum atomic E-state index is 12.7. The van der Waals surface area contributed by atoms with E-state index in [1.54, 1.807) is 35.1 Å². The highest BCUT2D eigenvalue weighted by atomic mass is 16.3. The summed E-state index contributed by atoms with van der Waals surface area (Å²) in [5.74, 6) is 0.723. The molecule has 0 aromatic carbocycles. The maximum Gasteiger partial charge on any atom is 0.271 e. The lowest BCUT2D eigenvalue weighted by Crippen LogP contribution is -2.46. The number of amides is 1. The van der Waals surface area contributed by atoms with E-state index >= 15 is 0 Å². The van der Waals surface area contributed by atoms with Gasteiger partial charge in [0, 0.05) is 38.6 Å². The molecule has 0 spiro atoms. The Hall–Kier alpha value is -2.41. The number of hydrogen-bond donors (Lipinski definition) is 1. The fraction of sp³-hybridized carbons (Fsp3) is 0.500. The van der Waals surface area contributed by atoms with Gasteiger partial charge in [-0.2, -0.15) is 5.10 Å². The number of carbonyl (C=O) groups is 1. The van der Waals surface area contributed by atoms with Crippen LogP contribution in [0.25, 0.3) is 0 Å². The van der Waals surface area contributed by atoms with Crippen LogP contribution in [0.2, 0.25) is 0 Å². The first kappa shape index (κ1) is 17.4. The van der Waals surface area contributed by atoms with Crippen molar-refractivity contribution in [3.8, 4) is 0 Å². The van der Waals surface area contributed by atoms with E-state index < -0.39 is 5.60 Å². The summed E-state index contributed by atoms with van der Waals surface area (Å²) in [5.41, 5.74) is -0.398. The van der Waals surface area contributed by atoms with Gasteiger partial charge in [-0.25, -0.2) is 4.98 Å². The van der Waals surface area contributed by atoms with Gasteiger partial charge >= 0.3 is 0 Å². The zero-order chi connectivity index (χ0) is 18.0. The number of aromatic nitrogens is 3. The molecule has 1 fully saturated rings. The summed E-state index contributed by atoms with van der Waals surface area (Å²) >= 11 is 0. The highest BCUT2D eigenvalue weighted by Crippen LogP contribution is 2.26. The SMILES string of the molecule is CC(C)n1nccc1C(=O)N(C)C[C@]1(O)CCN(c2ccccn2)C1. The molecule has 2 aromatic heterocycles. The first-order valence-corrected chi connectivity index (χ1v) is 8.57. The molecule has 0 unspecified atom stereocenters. The summed E-state index contributed by atoms with van der Waals surface area (Å²) in [4.78, 5) is 20.7. The van der Waals surface area contributed by atoms with Crippen molar-refractivity contribution in [1.82, 2.24) is 19.7 Å². The monoisotopic (exact) mass is 343 g/mol. The van der Waals surface area contributed by atoms with Gasteiger partial charge in [-0.3, -0.25) is 9.48 Å². The van der Waals surface area contributed by atoms with Crippen LogP contribution in [0.1, 0.15) is 36.8 Å². The average molecular weight is 343 g/mol. The molecule has 7 nitrogen and oxygen atoms in total. The Morgan fingerprint density at radius 2 is 2.16 bits per heavy atom. The molecule has 7 heteroatoms. The minimum absolute atomic E-state index is 0.108. The third-order valence-corrected chi connectivity index (χ3v) is 4.56. The van der Waals surface area contributed by atoms with Gasteiger partial charge in [0.2, 0.25) is 0 Å². The highest BCUT2D eigenvalue weighted by molar-refractivity contribution is 5.92. The molecule has 0 bridgehead atoms. The Balaban J connectivity index is 1.67. The number of rotatable bonds is 5. The van der Waals surface area contributed by atoms with Crippen molar-refractivity contribution in [3.63, 3.8) is 0 Å². The van der Waals surface area contributed by atoms with Gasteiger partial charge in [-0.1, -0.05) is 6.07 Å². The first-order valence-electron chi connectivity index (χ1n) is 8.57. The molecule has 1 amide bonds. The van der Waals surface area contributed by atoms with E-state index in [2.05, 4.69) is 15.0 Å². The zero-order valence-corrected chi connectivity index (χ0v) is 15.0. The number of carbonyl (C=O) groups excluding carboxylic acids is 1. The predicted octanol–water partition coefficient (Wildman–Crippen LogP) is 1.57. The van der Waals surface area contributed by atoms with E-state index in [0.717, 1.165) is 12.4 Å². The zero-order valence-electron chi connectivity index (χ0n) is 15.0. The predicted molar refractivity (Wildman–Crippen MR) is 95.6 cm³/mol. The summed E-state index contributed by atoms with van der Waals surface area (Å²) in [6.45, 7) is 5.43. The number of pyridine rings is 1. The standard InChI is InChI=1S/C18H25N5O2/c1-14(2)23-15(7-10-20-23)17(24)21(3)12-18(25)8-11-22(13-18)16-6-4-5-9-19-16/h4-7,9-10,14,25H,8,11-13H2,1-3H3/t18-/m1/s1. The number of anilines is 1. The molecule has 3 heterocycles. The summed E-state index contributed by atoms with van der Waals surface area (Å²) in [5, 5.41) is 15.1. The van der Waals surface area contributed by atoms with Crippen LogP contribution in [0, 0.1) is 0 Å². The maximum absolute atomic E-state index is 12.7. The summed E-state index contributed by atoms with van der Waals surface area (Å²) in [6.07, 6.45) is 3.98. The number of β-amino-alcohol motifs (C(OH)–C–C–N with tert-alkyl or cyclic N) is 1. The van der Waals surface area contributed by atoms with Gasteiger partial charge in [0.15, 0.2) is 0 Å². The Morgan fingerprint density at radius 1 is 1.36 bits per heavy atom. The van der Waals surface area contributed by atoms with Crippen LogP contribution in [0.4, 0.5) is 5.82 Å². The number of likely N-dealkylation sites (N-methyl/N-ethyl adjacent to an activating group) is 1. The number of hydrogen-bond acceptors (Lipinski definition) is 5. The van der Waals surface area contributed by atoms with Crippen molar-refractivity contribution in [2.75, 3.05) is 31.6 Å². The Bertz CT molecular complexity index is 730. The van der Waals surface area contributed by atoms with Gasteiger partial charge in [0.05, 0.1) is 6.54 Å². The van der Waals surface area contributed by atoms with Crippen molar-refractivity contribution in [1.29, 1.82) is 0 Å². The van der Waals surface area contributed by atoms with Crippen LogP contribution in [0.3, 0.4) is 0 Å². The van der Waals surface area contributed by atoms with Crippen molar-refractivity contribution < 1.29 is 9.90 Å². The molecule has 25 heavy (non-hydrogen) atoms. The van der Waals surface area contributed by atoms with Gasteiger partial charge in [0.1, 0.15) is 17.1 Å². The molecule has 1 atom stereocenters. The number of nitrogens with zero attached hydrogens (tertiary/aromatic N) is 5. The van der Waals surface area contributed by atoms with Crippen molar-refractivity contribution in [2.24, 2.45) is 0 Å². The molecule has 3 rings (SSSR count). The lowest BCUT2D eigenvalue weighted by molar-refractivity contribution is 0.0258. The second kappa shape index (κ2) is 6.84. The molecule has 1 N–H and O–H groups in total. The molecule has 1 saturated heterocycles. The quantitative estimate of drug-likeness (QED) is 0.892. The highest BCUT2D eigenvalue weighted by Gasteiger charge is 2.38.